The quantitative estimate of drug-likeness (QED) is 0.785. The highest BCUT2D eigenvalue weighted by molar-refractivity contribution is 7.89. The molecule has 2 heterocycles. The number of hydrogen-bond donors (Lipinski definition) is 2. The first-order valence-corrected chi connectivity index (χ1v) is 6.81. The average molecular weight is 241 g/mol. The van der Waals surface area contributed by atoms with Gasteiger partial charge in [0.2, 0.25) is 0 Å². The third-order valence-corrected chi connectivity index (χ3v) is 3.93. The Balaban J connectivity index is 1.98. The fourth-order valence-electron chi connectivity index (χ4n) is 1.72. The summed E-state index contributed by atoms with van der Waals surface area (Å²) in [4.78, 5) is 3.82. The van der Waals surface area contributed by atoms with Crippen molar-refractivity contribution in [2.24, 2.45) is 0 Å². The lowest BCUT2D eigenvalue weighted by Crippen LogP contribution is -2.37. The van der Waals surface area contributed by atoms with Crippen LogP contribution in [-0.4, -0.2) is 32.5 Å². The maximum absolute atomic E-state index is 11.8. The van der Waals surface area contributed by atoms with Gasteiger partial charge in [0, 0.05) is 18.8 Å². The van der Waals surface area contributed by atoms with Crippen LogP contribution in [0.3, 0.4) is 0 Å². The summed E-state index contributed by atoms with van der Waals surface area (Å²) in [6.07, 6.45) is 3.60. The Kier molecular flexibility index (Phi) is 3.52. The molecule has 2 N–H and O–H groups in total. The molecule has 1 atom stereocenters. The van der Waals surface area contributed by atoms with Crippen molar-refractivity contribution in [2.45, 2.75) is 23.9 Å². The van der Waals surface area contributed by atoms with Crippen LogP contribution in [0.4, 0.5) is 0 Å². The maximum atomic E-state index is 11.8. The van der Waals surface area contributed by atoms with Gasteiger partial charge in [-0.15, -0.1) is 0 Å². The van der Waals surface area contributed by atoms with Gasteiger partial charge in [-0.2, -0.15) is 0 Å². The zero-order valence-electron chi connectivity index (χ0n) is 8.89. The molecule has 0 spiro atoms. The monoisotopic (exact) mass is 241 g/mol. The van der Waals surface area contributed by atoms with Crippen LogP contribution in [0, 0.1) is 0 Å². The van der Waals surface area contributed by atoms with Gasteiger partial charge in [-0.05, 0) is 31.5 Å². The van der Waals surface area contributed by atoms with E-state index >= 15 is 0 Å². The molecular weight excluding hydrogens is 226 g/mol. The van der Waals surface area contributed by atoms with Crippen molar-refractivity contribution in [1.29, 1.82) is 0 Å². The summed E-state index contributed by atoms with van der Waals surface area (Å²) < 4.78 is 26.1. The van der Waals surface area contributed by atoms with Crippen molar-refractivity contribution in [3.8, 4) is 0 Å². The van der Waals surface area contributed by atoms with Crippen LogP contribution in [0.25, 0.3) is 0 Å². The molecule has 5 nitrogen and oxygen atoms in total. The molecule has 1 fully saturated rings. The highest BCUT2D eigenvalue weighted by Gasteiger charge is 2.19. The largest absolute Gasteiger partial charge is 0.313 e. The van der Waals surface area contributed by atoms with E-state index in [1.807, 2.05) is 0 Å². The van der Waals surface area contributed by atoms with Crippen molar-refractivity contribution >= 4 is 10.0 Å². The molecule has 0 saturated carbocycles. The molecule has 0 aliphatic carbocycles. The summed E-state index contributed by atoms with van der Waals surface area (Å²) in [7, 11) is -3.45. The lowest BCUT2D eigenvalue weighted by Gasteiger charge is -2.11. The van der Waals surface area contributed by atoms with Gasteiger partial charge in [-0.1, -0.05) is 6.07 Å². The molecule has 1 aromatic heterocycles. The first-order chi connectivity index (χ1) is 7.68. The minimum Gasteiger partial charge on any atom is -0.313 e. The van der Waals surface area contributed by atoms with Gasteiger partial charge in [0.25, 0.3) is 10.0 Å². The molecule has 1 saturated heterocycles. The van der Waals surface area contributed by atoms with E-state index in [0.29, 0.717) is 6.54 Å². The Morgan fingerprint density at radius 1 is 1.50 bits per heavy atom. The van der Waals surface area contributed by atoms with Crippen molar-refractivity contribution in [3.05, 3.63) is 24.4 Å². The number of aromatic nitrogens is 1. The summed E-state index contributed by atoms with van der Waals surface area (Å²) in [6.45, 7) is 1.40. The van der Waals surface area contributed by atoms with Crippen LogP contribution >= 0.6 is 0 Å². The van der Waals surface area contributed by atoms with Crippen LogP contribution in [0.1, 0.15) is 12.8 Å². The van der Waals surface area contributed by atoms with E-state index < -0.39 is 10.0 Å². The summed E-state index contributed by atoms with van der Waals surface area (Å²) in [5.41, 5.74) is 0. The summed E-state index contributed by atoms with van der Waals surface area (Å²) >= 11 is 0. The fraction of sp³-hybridized carbons (Fsp3) is 0.500. The Hall–Kier alpha value is -0.980. The minimum atomic E-state index is -3.45. The van der Waals surface area contributed by atoms with Gasteiger partial charge in [0.15, 0.2) is 5.03 Å². The highest BCUT2D eigenvalue weighted by atomic mass is 32.2. The van der Waals surface area contributed by atoms with E-state index in [0.717, 1.165) is 19.4 Å². The molecule has 1 aliphatic rings. The summed E-state index contributed by atoms with van der Waals surface area (Å²) in [5, 5.41) is 3.31. The van der Waals surface area contributed by atoms with Crippen LogP contribution in [0.5, 0.6) is 0 Å². The van der Waals surface area contributed by atoms with Crippen molar-refractivity contribution in [2.75, 3.05) is 13.1 Å². The molecule has 0 unspecified atom stereocenters. The summed E-state index contributed by atoms with van der Waals surface area (Å²) in [6, 6.07) is 5.09. The molecule has 88 valence electrons. The molecule has 16 heavy (non-hydrogen) atoms. The molecule has 0 amide bonds. The second-order valence-corrected chi connectivity index (χ2v) is 5.53. The van der Waals surface area contributed by atoms with Crippen molar-refractivity contribution in [3.63, 3.8) is 0 Å². The van der Waals surface area contributed by atoms with E-state index in [9.17, 15) is 8.42 Å². The highest BCUT2D eigenvalue weighted by Crippen LogP contribution is 2.06. The van der Waals surface area contributed by atoms with E-state index in [1.54, 1.807) is 12.1 Å². The third kappa shape index (κ3) is 2.78. The Labute approximate surface area is 95.3 Å². The van der Waals surface area contributed by atoms with Crippen LogP contribution in [-0.2, 0) is 10.0 Å². The van der Waals surface area contributed by atoms with Gasteiger partial charge in [0.05, 0.1) is 0 Å². The SMILES string of the molecule is O=S(=O)(NC[C@@H]1CCCN1)c1ccccn1. The fourth-order valence-corrected chi connectivity index (χ4v) is 2.75. The zero-order valence-corrected chi connectivity index (χ0v) is 9.70. The smallest absolute Gasteiger partial charge is 0.258 e. The predicted molar refractivity (Wildman–Crippen MR) is 60.5 cm³/mol. The molecule has 0 bridgehead atoms. The third-order valence-electron chi connectivity index (χ3n) is 2.60. The minimum absolute atomic E-state index is 0.0768. The molecule has 0 radical (unpaired) electrons. The summed E-state index contributed by atoms with van der Waals surface area (Å²) in [5.74, 6) is 0. The molecule has 1 aliphatic heterocycles. The Bertz CT molecular complexity index is 427. The molecule has 0 aromatic carbocycles. The van der Waals surface area contributed by atoms with E-state index in [-0.39, 0.29) is 11.1 Å². The maximum Gasteiger partial charge on any atom is 0.258 e. The van der Waals surface area contributed by atoms with Crippen LogP contribution < -0.4 is 10.0 Å². The Morgan fingerprint density at radius 3 is 3.00 bits per heavy atom. The second-order valence-electron chi connectivity index (χ2n) is 3.81. The molecule has 6 heteroatoms. The van der Waals surface area contributed by atoms with Gasteiger partial charge in [0.1, 0.15) is 0 Å². The predicted octanol–water partition coefficient (Wildman–Crippen LogP) is 0.112. The average Bonchev–Trinajstić information content (AvgIpc) is 2.81. The van der Waals surface area contributed by atoms with Gasteiger partial charge in [-0.3, -0.25) is 0 Å². The van der Waals surface area contributed by atoms with E-state index in [4.69, 9.17) is 0 Å². The Morgan fingerprint density at radius 2 is 2.38 bits per heavy atom. The number of sulfonamides is 1. The van der Waals surface area contributed by atoms with Crippen LogP contribution in [0.15, 0.2) is 29.4 Å². The first kappa shape index (κ1) is 11.5. The first-order valence-electron chi connectivity index (χ1n) is 5.32. The second kappa shape index (κ2) is 4.90. The zero-order chi connectivity index (χ0) is 11.4. The van der Waals surface area contributed by atoms with Gasteiger partial charge >= 0.3 is 0 Å². The lowest BCUT2D eigenvalue weighted by atomic mass is 10.2. The van der Waals surface area contributed by atoms with Crippen molar-refractivity contribution < 1.29 is 8.42 Å². The van der Waals surface area contributed by atoms with E-state index in [1.165, 1.54) is 12.3 Å². The number of nitrogens with zero attached hydrogens (tertiary/aromatic N) is 1. The molecule has 2 rings (SSSR count). The van der Waals surface area contributed by atoms with E-state index in [2.05, 4.69) is 15.0 Å². The number of pyridine rings is 1. The standard InChI is InChI=1S/C10H15N3O2S/c14-16(15,10-5-1-2-6-12-10)13-8-9-4-3-7-11-9/h1-2,5-6,9,11,13H,3-4,7-8H2/t9-/m0/s1. The normalized spacial score (nSPS) is 21.1. The van der Waals surface area contributed by atoms with Gasteiger partial charge < -0.3 is 5.32 Å². The molecule has 1 aromatic rings. The number of hydrogen-bond acceptors (Lipinski definition) is 4. The van der Waals surface area contributed by atoms with Crippen LogP contribution in [0.2, 0.25) is 0 Å². The molecular formula is C10H15N3O2S. The number of nitrogens with one attached hydrogen (secondary N) is 2. The van der Waals surface area contributed by atoms with Crippen molar-refractivity contribution in [1.82, 2.24) is 15.0 Å². The number of rotatable bonds is 4. The lowest BCUT2D eigenvalue weighted by molar-refractivity contribution is 0.549. The van der Waals surface area contributed by atoms with Gasteiger partial charge in [-0.25, -0.2) is 18.1 Å². The topological polar surface area (TPSA) is 71.1 Å².